The van der Waals surface area contributed by atoms with Crippen LogP contribution in [0.1, 0.15) is 30.1 Å². The molecule has 0 bridgehead atoms. The number of nitro groups is 1. The first-order valence-electron chi connectivity index (χ1n) is 5.17. The first-order chi connectivity index (χ1) is 8.06. The molecule has 0 aliphatic rings. The molecule has 1 aromatic rings. The van der Waals surface area contributed by atoms with Crippen LogP contribution in [0.4, 0.5) is 5.69 Å². The molecular formula is C11H12ClNO4. The summed E-state index contributed by atoms with van der Waals surface area (Å²) in [6.45, 7) is 2.25. The van der Waals surface area contributed by atoms with Crippen molar-refractivity contribution in [3.8, 4) is 0 Å². The Morgan fingerprint density at radius 3 is 2.82 bits per heavy atom. The number of non-ortho nitro benzene ring substituents is 1. The number of nitrogens with zero attached hydrogens (tertiary/aromatic N) is 1. The third-order valence-corrected chi connectivity index (χ3v) is 2.44. The van der Waals surface area contributed by atoms with E-state index in [2.05, 4.69) is 0 Å². The van der Waals surface area contributed by atoms with Gasteiger partial charge < -0.3 is 4.74 Å². The van der Waals surface area contributed by atoms with E-state index in [4.69, 9.17) is 16.3 Å². The lowest BCUT2D eigenvalue weighted by atomic mass is 10.2. The summed E-state index contributed by atoms with van der Waals surface area (Å²) in [4.78, 5) is 21.6. The highest BCUT2D eigenvalue weighted by Gasteiger charge is 2.16. The lowest BCUT2D eigenvalue weighted by molar-refractivity contribution is -0.384. The molecule has 17 heavy (non-hydrogen) atoms. The van der Waals surface area contributed by atoms with E-state index in [0.717, 1.165) is 18.9 Å². The van der Waals surface area contributed by atoms with Crippen molar-refractivity contribution >= 4 is 23.3 Å². The average Bonchev–Trinajstić information content (AvgIpc) is 2.29. The predicted molar refractivity (Wildman–Crippen MR) is 63.3 cm³/mol. The van der Waals surface area contributed by atoms with Crippen LogP contribution in [0.2, 0.25) is 5.02 Å². The zero-order valence-corrected chi connectivity index (χ0v) is 10.1. The Bertz CT molecular complexity index is 433. The highest BCUT2D eigenvalue weighted by atomic mass is 35.5. The van der Waals surface area contributed by atoms with Crippen molar-refractivity contribution in [1.29, 1.82) is 0 Å². The number of hydrogen-bond donors (Lipinski definition) is 0. The van der Waals surface area contributed by atoms with Gasteiger partial charge in [-0.25, -0.2) is 4.79 Å². The van der Waals surface area contributed by atoms with Gasteiger partial charge in [0, 0.05) is 12.1 Å². The van der Waals surface area contributed by atoms with Crippen molar-refractivity contribution in [2.75, 3.05) is 6.61 Å². The van der Waals surface area contributed by atoms with Crippen LogP contribution in [-0.2, 0) is 4.74 Å². The van der Waals surface area contributed by atoms with Crippen molar-refractivity contribution in [3.05, 3.63) is 38.9 Å². The standard InChI is InChI=1S/C11H12ClNO4/c1-2-3-6-17-11(14)9-7-8(13(15)16)4-5-10(9)12/h4-5,7H,2-3,6H2,1H3. The summed E-state index contributed by atoms with van der Waals surface area (Å²) in [6, 6.07) is 3.68. The Labute approximate surface area is 103 Å². The number of carbonyl (C=O) groups is 1. The van der Waals surface area contributed by atoms with Crippen LogP contribution in [0, 0.1) is 10.1 Å². The number of rotatable bonds is 5. The van der Waals surface area contributed by atoms with E-state index in [1.165, 1.54) is 12.1 Å². The second-order valence-electron chi connectivity index (χ2n) is 3.41. The molecule has 0 atom stereocenters. The first-order valence-corrected chi connectivity index (χ1v) is 5.55. The second-order valence-corrected chi connectivity index (χ2v) is 3.82. The number of esters is 1. The molecule has 1 rings (SSSR count). The van der Waals surface area contributed by atoms with Crippen molar-refractivity contribution in [3.63, 3.8) is 0 Å². The number of nitro benzene ring substituents is 1. The molecule has 0 saturated heterocycles. The number of hydrogen-bond acceptors (Lipinski definition) is 4. The SMILES string of the molecule is CCCCOC(=O)c1cc([N+](=O)[O-])ccc1Cl. The van der Waals surface area contributed by atoms with Gasteiger partial charge in [0.1, 0.15) is 0 Å². The van der Waals surface area contributed by atoms with Crippen LogP contribution in [0.15, 0.2) is 18.2 Å². The fourth-order valence-corrected chi connectivity index (χ4v) is 1.36. The van der Waals surface area contributed by atoms with Crippen LogP contribution in [0.5, 0.6) is 0 Å². The normalized spacial score (nSPS) is 10.0. The van der Waals surface area contributed by atoms with Crippen LogP contribution in [-0.4, -0.2) is 17.5 Å². The number of unbranched alkanes of at least 4 members (excludes halogenated alkanes) is 1. The smallest absolute Gasteiger partial charge is 0.339 e. The Balaban J connectivity index is 2.84. The Morgan fingerprint density at radius 1 is 1.53 bits per heavy atom. The number of benzene rings is 1. The fourth-order valence-electron chi connectivity index (χ4n) is 1.17. The highest BCUT2D eigenvalue weighted by Crippen LogP contribution is 2.22. The molecule has 0 heterocycles. The third-order valence-electron chi connectivity index (χ3n) is 2.11. The van der Waals surface area contributed by atoms with Gasteiger partial charge >= 0.3 is 5.97 Å². The van der Waals surface area contributed by atoms with Gasteiger partial charge in [0.25, 0.3) is 5.69 Å². The summed E-state index contributed by atoms with van der Waals surface area (Å²) >= 11 is 5.79. The molecule has 0 aliphatic carbocycles. The molecule has 6 heteroatoms. The number of ether oxygens (including phenoxy) is 1. The molecule has 0 saturated carbocycles. The van der Waals surface area contributed by atoms with Gasteiger partial charge in [0.2, 0.25) is 0 Å². The van der Waals surface area contributed by atoms with E-state index in [0.29, 0.717) is 0 Å². The molecule has 1 aromatic carbocycles. The summed E-state index contributed by atoms with van der Waals surface area (Å²) < 4.78 is 4.94. The first kappa shape index (κ1) is 13.4. The molecule has 0 N–H and O–H groups in total. The molecule has 0 aliphatic heterocycles. The minimum absolute atomic E-state index is 0.0250. The van der Waals surface area contributed by atoms with E-state index in [9.17, 15) is 14.9 Å². The van der Waals surface area contributed by atoms with Crippen LogP contribution in [0.3, 0.4) is 0 Å². The van der Waals surface area contributed by atoms with Gasteiger partial charge in [-0.2, -0.15) is 0 Å². The largest absolute Gasteiger partial charge is 0.462 e. The third kappa shape index (κ3) is 3.71. The molecule has 0 aromatic heterocycles. The zero-order chi connectivity index (χ0) is 12.8. The summed E-state index contributed by atoms with van der Waals surface area (Å²) in [7, 11) is 0. The van der Waals surface area contributed by atoms with E-state index < -0.39 is 10.9 Å². The van der Waals surface area contributed by atoms with Gasteiger partial charge in [-0.05, 0) is 12.5 Å². The molecule has 0 radical (unpaired) electrons. The Hall–Kier alpha value is -1.62. The van der Waals surface area contributed by atoms with Crippen LogP contribution >= 0.6 is 11.6 Å². The maximum Gasteiger partial charge on any atom is 0.339 e. The Kier molecular flexibility index (Phi) is 4.90. The van der Waals surface area contributed by atoms with E-state index >= 15 is 0 Å². The van der Waals surface area contributed by atoms with Gasteiger partial charge in [-0.1, -0.05) is 24.9 Å². The number of halogens is 1. The molecule has 0 fully saturated rings. The monoisotopic (exact) mass is 257 g/mol. The summed E-state index contributed by atoms with van der Waals surface area (Å²) in [6.07, 6.45) is 1.65. The quantitative estimate of drug-likeness (QED) is 0.351. The van der Waals surface area contributed by atoms with Gasteiger partial charge in [-0.3, -0.25) is 10.1 Å². The lowest BCUT2D eigenvalue weighted by Gasteiger charge is -2.05. The van der Waals surface area contributed by atoms with Gasteiger partial charge in [-0.15, -0.1) is 0 Å². The molecule has 92 valence electrons. The number of carbonyl (C=O) groups excluding carboxylic acids is 1. The lowest BCUT2D eigenvalue weighted by Crippen LogP contribution is -2.07. The fraction of sp³-hybridized carbons (Fsp3) is 0.364. The minimum Gasteiger partial charge on any atom is -0.462 e. The van der Waals surface area contributed by atoms with Crippen LogP contribution in [0.25, 0.3) is 0 Å². The molecule has 0 spiro atoms. The topological polar surface area (TPSA) is 69.4 Å². The van der Waals surface area contributed by atoms with Crippen molar-refractivity contribution in [2.45, 2.75) is 19.8 Å². The molecular weight excluding hydrogens is 246 g/mol. The molecule has 5 nitrogen and oxygen atoms in total. The minimum atomic E-state index is -0.632. The molecule has 0 amide bonds. The summed E-state index contributed by atoms with van der Waals surface area (Å²) in [5.41, 5.74) is -0.159. The maximum atomic E-state index is 11.6. The average molecular weight is 258 g/mol. The van der Waals surface area contributed by atoms with Crippen LogP contribution < -0.4 is 0 Å². The van der Waals surface area contributed by atoms with Crippen molar-refractivity contribution < 1.29 is 14.5 Å². The predicted octanol–water partition coefficient (Wildman–Crippen LogP) is 3.21. The Morgan fingerprint density at radius 2 is 2.24 bits per heavy atom. The second kappa shape index (κ2) is 6.20. The maximum absolute atomic E-state index is 11.6. The van der Waals surface area contributed by atoms with E-state index in [1.807, 2.05) is 6.92 Å². The van der Waals surface area contributed by atoms with Gasteiger partial charge in [0.05, 0.1) is 22.1 Å². The van der Waals surface area contributed by atoms with Gasteiger partial charge in [0.15, 0.2) is 0 Å². The van der Waals surface area contributed by atoms with Crippen molar-refractivity contribution in [2.24, 2.45) is 0 Å². The zero-order valence-electron chi connectivity index (χ0n) is 9.31. The molecule has 0 unspecified atom stereocenters. The summed E-state index contributed by atoms with van der Waals surface area (Å²) in [5.74, 6) is -0.632. The highest BCUT2D eigenvalue weighted by molar-refractivity contribution is 6.33. The van der Waals surface area contributed by atoms with E-state index in [-0.39, 0.29) is 22.9 Å². The summed E-state index contributed by atoms with van der Waals surface area (Å²) in [5, 5.41) is 10.7. The van der Waals surface area contributed by atoms with Crippen molar-refractivity contribution in [1.82, 2.24) is 0 Å². The van der Waals surface area contributed by atoms with E-state index in [1.54, 1.807) is 0 Å².